The third-order valence-electron chi connectivity index (χ3n) is 2.55. The molecule has 0 unspecified atom stereocenters. The lowest BCUT2D eigenvalue weighted by Gasteiger charge is -1.94. The third kappa shape index (κ3) is 2.77. The van der Waals surface area contributed by atoms with Gasteiger partial charge in [0, 0.05) is 19.3 Å². The van der Waals surface area contributed by atoms with Gasteiger partial charge in [0.15, 0.2) is 0 Å². The van der Waals surface area contributed by atoms with Gasteiger partial charge in [0.25, 0.3) is 5.89 Å². The van der Waals surface area contributed by atoms with Crippen LogP contribution in [0.2, 0.25) is 0 Å². The topological polar surface area (TPSA) is 89.4 Å². The van der Waals surface area contributed by atoms with E-state index in [1.54, 1.807) is 12.3 Å². The Balaban J connectivity index is 2.04. The van der Waals surface area contributed by atoms with E-state index in [0.29, 0.717) is 24.6 Å². The molecule has 0 bridgehead atoms. The molecule has 0 aliphatic carbocycles. The molecule has 2 heterocycles. The molecule has 96 valence electrons. The Morgan fingerprint density at radius 1 is 1.44 bits per heavy atom. The first-order valence-corrected chi connectivity index (χ1v) is 5.81. The summed E-state index contributed by atoms with van der Waals surface area (Å²) in [6.45, 7) is 1.98. The van der Waals surface area contributed by atoms with Crippen molar-refractivity contribution < 1.29 is 18.7 Å². The number of carboxylic acids is 1. The summed E-state index contributed by atoms with van der Waals surface area (Å²) in [6.07, 6.45) is 3.40. The molecule has 0 atom stereocenters. The summed E-state index contributed by atoms with van der Waals surface area (Å²) < 4.78 is 10.8. The second-order valence-corrected chi connectivity index (χ2v) is 3.86. The van der Waals surface area contributed by atoms with Crippen LogP contribution < -0.4 is 0 Å². The van der Waals surface area contributed by atoms with E-state index in [1.165, 1.54) is 0 Å². The van der Waals surface area contributed by atoms with Gasteiger partial charge >= 0.3 is 5.97 Å². The van der Waals surface area contributed by atoms with Gasteiger partial charge < -0.3 is 13.9 Å². The van der Waals surface area contributed by atoms with Gasteiger partial charge in [-0.25, -0.2) is 0 Å². The van der Waals surface area contributed by atoms with Crippen LogP contribution in [-0.2, 0) is 17.6 Å². The average molecular weight is 250 g/mol. The minimum absolute atomic E-state index is 0.101. The van der Waals surface area contributed by atoms with Crippen molar-refractivity contribution in [3.63, 3.8) is 0 Å². The van der Waals surface area contributed by atoms with E-state index in [1.807, 2.05) is 6.92 Å². The van der Waals surface area contributed by atoms with E-state index in [-0.39, 0.29) is 6.42 Å². The fraction of sp³-hybridized carbons (Fsp3) is 0.417. The Morgan fingerprint density at radius 2 is 2.28 bits per heavy atom. The second kappa shape index (κ2) is 5.48. The van der Waals surface area contributed by atoms with Gasteiger partial charge in [-0.15, -0.1) is 10.2 Å². The molecule has 0 saturated heterocycles. The first-order chi connectivity index (χ1) is 8.70. The molecule has 2 rings (SSSR count). The van der Waals surface area contributed by atoms with E-state index < -0.39 is 5.97 Å². The summed E-state index contributed by atoms with van der Waals surface area (Å²) >= 11 is 0. The molecule has 0 fully saturated rings. The quantitative estimate of drug-likeness (QED) is 0.846. The van der Waals surface area contributed by atoms with Gasteiger partial charge in [-0.3, -0.25) is 4.79 Å². The van der Waals surface area contributed by atoms with Gasteiger partial charge in [-0.1, -0.05) is 6.92 Å². The van der Waals surface area contributed by atoms with Crippen LogP contribution in [0.5, 0.6) is 0 Å². The van der Waals surface area contributed by atoms with Crippen LogP contribution >= 0.6 is 0 Å². The highest BCUT2D eigenvalue weighted by molar-refractivity contribution is 5.66. The van der Waals surface area contributed by atoms with Crippen molar-refractivity contribution in [3.8, 4) is 11.5 Å². The SMILES string of the molecule is CCc1occc1-c1nnc(CCCC(=O)O)o1. The number of aryl methyl sites for hydroxylation is 2. The molecule has 0 aliphatic heterocycles. The third-order valence-corrected chi connectivity index (χ3v) is 2.55. The maximum Gasteiger partial charge on any atom is 0.303 e. The molecule has 6 nitrogen and oxygen atoms in total. The molecule has 2 aromatic heterocycles. The van der Waals surface area contributed by atoms with Crippen molar-refractivity contribution in [1.29, 1.82) is 0 Å². The summed E-state index contributed by atoms with van der Waals surface area (Å²) in [5.74, 6) is 0.856. The minimum atomic E-state index is -0.821. The van der Waals surface area contributed by atoms with Crippen molar-refractivity contribution in [3.05, 3.63) is 24.0 Å². The van der Waals surface area contributed by atoms with Crippen LogP contribution in [0.25, 0.3) is 11.5 Å². The Hall–Kier alpha value is -2.11. The highest BCUT2D eigenvalue weighted by atomic mass is 16.4. The number of nitrogens with zero attached hydrogens (tertiary/aromatic N) is 2. The van der Waals surface area contributed by atoms with Crippen LogP contribution in [0.3, 0.4) is 0 Å². The first-order valence-electron chi connectivity index (χ1n) is 5.81. The molecular weight excluding hydrogens is 236 g/mol. The van der Waals surface area contributed by atoms with Crippen LogP contribution in [0.4, 0.5) is 0 Å². The Morgan fingerprint density at radius 3 is 3.00 bits per heavy atom. The predicted octanol–water partition coefficient (Wildman–Crippen LogP) is 2.30. The van der Waals surface area contributed by atoms with E-state index >= 15 is 0 Å². The van der Waals surface area contributed by atoms with Crippen molar-refractivity contribution in [2.24, 2.45) is 0 Å². The smallest absolute Gasteiger partial charge is 0.303 e. The zero-order valence-corrected chi connectivity index (χ0v) is 10.0. The zero-order chi connectivity index (χ0) is 13.0. The van der Waals surface area contributed by atoms with Crippen LogP contribution in [-0.4, -0.2) is 21.3 Å². The summed E-state index contributed by atoms with van der Waals surface area (Å²) in [6, 6.07) is 1.79. The van der Waals surface area contributed by atoms with Crippen molar-refractivity contribution >= 4 is 5.97 Å². The molecule has 0 amide bonds. The molecule has 0 spiro atoms. The van der Waals surface area contributed by atoms with Crippen molar-refractivity contribution in [1.82, 2.24) is 10.2 Å². The number of carboxylic acid groups (broad SMARTS) is 1. The lowest BCUT2D eigenvalue weighted by Crippen LogP contribution is -1.95. The Labute approximate surface area is 104 Å². The molecule has 18 heavy (non-hydrogen) atoms. The number of furan rings is 1. The van der Waals surface area contributed by atoms with Crippen LogP contribution in [0.15, 0.2) is 21.2 Å². The Bertz CT molecular complexity index is 530. The van der Waals surface area contributed by atoms with Crippen molar-refractivity contribution in [2.75, 3.05) is 0 Å². The molecule has 2 aromatic rings. The number of aromatic nitrogens is 2. The van der Waals surface area contributed by atoms with Crippen LogP contribution in [0.1, 0.15) is 31.4 Å². The number of hydrogen-bond donors (Lipinski definition) is 1. The Kier molecular flexibility index (Phi) is 3.76. The fourth-order valence-electron chi connectivity index (χ4n) is 1.66. The molecule has 0 saturated carbocycles. The summed E-state index contributed by atoms with van der Waals surface area (Å²) in [5.41, 5.74) is 0.800. The molecule has 0 aromatic carbocycles. The number of hydrogen-bond acceptors (Lipinski definition) is 5. The molecular formula is C12H14N2O4. The van der Waals surface area contributed by atoms with Crippen LogP contribution in [0, 0.1) is 0 Å². The summed E-state index contributed by atoms with van der Waals surface area (Å²) in [5, 5.41) is 16.4. The van der Waals surface area contributed by atoms with Gasteiger partial charge in [-0.2, -0.15) is 0 Å². The van der Waals surface area contributed by atoms with E-state index in [9.17, 15) is 4.79 Å². The maximum atomic E-state index is 10.4. The highest BCUT2D eigenvalue weighted by Crippen LogP contribution is 2.24. The van der Waals surface area contributed by atoms with Gasteiger partial charge in [0.1, 0.15) is 5.76 Å². The minimum Gasteiger partial charge on any atom is -0.481 e. The normalized spacial score (nSPS) is 10.7. The fourth-order valence-corrected chi connectivity index (χ4v) is 1.66. The standard InChI is InChI=1S/C12H14N2O4/c1-2-9-8(6-7-17-9)12-14-13-10(18-12)4-3-5-11(15)16/h6-7H,2-5H2,1H3,(H,15,16). The van der Waals surface area contributed by atoms with Gasteiger partial charge in [-0.05, 0) is 12.5 Å². The van der Waals surface area contributed by atoms with Crippen molar-refractivity contribution in [2.45, 2.75) is 32.6 Å². The number of carbonyl (C=O) groups is 1. The van der Waals surface area contributed by atoms with E-state index in [4.69, 9.17) is 13.9 Å². The molecule has 1 N–H and O–H groups in total. The largest absolute Gasteiger partial charge is 0.481 e. The lowest BCUT2D eigenvalue weighted by molar-refractivity contribution is -0.137. The highest BCUT2D eigenvalue weighted by Gasteiger charge is 2.14. The predicted molar refractivity (Wildman–Crippen MR) is 62.0 cm³/mol. The molecule has 0 aliphatic rings. The second-order valence-electron chi connectivity index (χ2n) is 3.86. The van der Waals surface area contributed by atoms with E-state index in [2.05, 4.69) is 10.2 Å². The first kappa shape index (κ1) is 12.3. The zero-order valence-electron chi connectivity index (χ0n) is 10.0. The lowest BCUT2D eigenvalue weighted by atomic mass is 10.2. The van der Waals surface area contributed by atoms with E-state index in [0.717, 1.165) is 17.7 Å². The van der Waals surface area contributed by atoms with Gasteiger partial charge in [0.2, 0.25) is 5.89 Å². The molecule has 6 heteroatoms. The maximum absolute atomic E-state index is 10.4. The average Bonchev–Trinajstić information content (AvgIpc) is 2.95. The summed E-state index contributed by atoms with van der Waals surface area (Å²) in [7, 11) is 0. The van der Waals surface area contributed by atoms with Gasteiger partial charge in [0.05, 0.1) is 11.8 Å². The monoisotopic (exact) mass is 250 g/mol. The number of rotatable bonds is 6. The molecule has 0 radical (unpaired) electrons. The number of aliphatic carboxylic acids is 1. The summed E-state index contributed by atoms with van der Waals surface area (Å²) in [4.78, 5) is 10.4.